The van der Waals surface area contributed by atoms with Crippen molar-refractivity contribution in [1.82, 2.24) is 19.3 Å². The Morgan fingerprint density at radius 1 is 1.62 bits per heavy atom. The summed E-state index contributed by atoms with van der Waals surface area (Å²) >= 11 is 5.67. The topological polar surface area (TPSA) is 78.8 Å². The molecule has 7 nitrogen and oxygen atoms in total. The zero-order chi connectivity index (χ0) is 11.7. The van der Waals surface area contributed by atoms with Gasteiger partial charge in [-0.05, 0) is 4.92 Å². The Balaban J connectivity index is 2.26. The Hall–Kier alpha value is -1.89. The van der Waals surface area contributed by atoms with Crippen molar-refractivity contribution < 1.29 is 4.92 Å². The number of imidazole rings is 1. The van der Waals surface area contributed by atoms with Crippen molar-refractivity contribution in [2.24, 2.45) is 7.05 Å². The molecule has 2 rings (SSSR count). The molecule has 16 heavy (non-hydrogen) atoms. The average molecular weight is 242 g/mol. The van der Waals surface area contributed by atoms with Gasteiger partial charge in [0.05, 0.1) is 29.5 Å². The lowest BCUT2D eigenvalue weighted by atomic mass is 10.5. The third kappa shape index (κ3) is 1.89. The number of hydrogen-bond acceptors (Lipinski definition) is 4. The Morgan fingerprint density at radius 2 is 2.38 bits per heavy atom. The van der Waals surface area contributed by atoms with Crippen LogP contribution in [0.5, 0.6) is 0 Å². The first-order valence-electron chi connectivity index (χ1n) is 4.40. The molecule has 0 amide bonds. The molecule has 0 fully saturated rings. The summed E-state index contributed by atoms with van der Waals surface area (Å²) in [6.45, 7) is 0.393. The molecule has 0 aliphatic carbocycles. The third-order valence-corrected chi connectivity index (χ3v) is 2.38. The monoisotopic (exact) mass is 241 g/mol. The van der Waals surface area contributed by atoms with Crippen LogP contribution in [0.3, 0.4) is 0 Å². The summed E-state index contributed by atoms with van der Waals surface area (Å²) in [5, 5.41) is 14.3. The third-order valence-electron chi connectivity index (χ3n) is 2.11. The predicted octanol–water partition coefficient (Wildman–Crippen LogP) is 1.23. The molecule has 0 aliphatic heterocycles. The van der Waals surface area contributed by atoms with Crippen LogP contribution in [0.15, 0.2) is 18.7 Å². The molecule has 0 aliphatic rings. The molecule has 2 heterocycles. The van der Waals surface area contributed by atoms with Gasteiger partial charge in [-0.1, -0.05) is 11.6 Å². The van der Waals surface area contributed by atoms with Crippen LogP contribution in [0.4, 0.5) is 5.82 Å². The summed E-state index contributed by atoms with van der Waals surface area (Å²) in [7, 11) is 1.84. The Bertz CT molecular complexity index is 532. The molecule has 8 heteroatoms. The molecule has 0 unspecified atom stereocenters. The van der Waals surface area contributed by atoms with Gasteiger partial charge in [0, 0.05) is 7.05 Å². The second kappa shape index (κ2) is 3.93. The molecule has 0 aromatic carbocycles. The normalized spacial score (nSPS) is 10.6. The SMILES string of the molecule is Cn1cncc1Cn1cc(Cl)c([N+](=O)[O-])n1. The van der Waals surface area contributed by atoms with Crippen LogP contribution in [-0.2, 0) is 13.6 Å². The number of hydrogen-bond donors (Lipinski definition) is 0. The Labute approximate surface area is 95.4 Å². The van der Waals surface area contributed by atoms with Crippen molar-refractivity contribution in [2.75, 3.05) is 0 Å². The van der Waals surface area contributed by atoms with Crippen LogP contribution in [0.2, 0.25) is 5.02 Å². The van der Waals surface area contributed by atoms with Crippen LogP contribution in [0.1, 0.15) is 5.69 Å². The van der Waals surface area contributed by atoms with Gasteiger partial charge in [0.25, 0.3) is 0 Å². The maximum absolute atomic E-state index is 10.5. The number of halogens is 1. The molecule has 84 valence electrons. The van der Waals surface area contributed by atoms with Crippen molar-refractivity contribution in [2.45, 2.75) is 6.54 Å². The second-order valence-electron chi connectivity index (χ2n) is 3.25. The molecule has 0 N–H and O–H groups in total. The standard InChI is InChI=1S/C8H8ClN5O2/c1-12-5-10-2-6(12)3-13-4-7(9)8(11-13)14(15)16/h2,4-5H,3H2,1H3. The van der Waals surface area contributed by atoms with Gasteiger partial charge in [-0.15, -0.1) is 0 Å². The van der Waals surface area contributed by atoms with Gasteiger partial charge in [-0.3, -0.25) is 0 Å². The molecule has 2 aromatic heterocycles. The smallest absolute Gasteiger partial charge is 0.358 e. The number of rotatable bonds is 3. The van der Waals surface area contributed by atoms with E-state index >= 15 is 0 Å². The van der Waals surface area contributed by atoms with Crippen molar-refractivity contribution in [3.05, 3.63) is 39.6 Å². The van der Waals surface area contributed by atoms with Crippen molar-refractivity contribution in [3.8, 4) is 0 Å². The summed E-state index contributed by atoms with van der Waals surface area (Å²) in [6.07, 6.45) is 4.74. The van der Waals surface area contributed by atoms with Crippen LogP contribution < -0.4 is 0 Å². The highest BCUT2D eigenvalue weighted by Crippen LogP contribution is 2.21. The van der Waals surface area contributed by atoms with Gasteiger partial charge in [0.15, 0.2) is 5.02 Å². The van der Waals surface area contributed by atoms with Gasteiger partial charge in [-0.2, -0.15) is 4.68 Å². The lowest BCUT2D eigenvalue weighted by Gasteiger charge is -1.98. The Kier molecular flexibility index (Phi) is 2.61. The first kappa shape index (κ1) is 10.6. The molecule has 0 atom stereocenters. The summed E-state index contributed by atoms with van der Waals surface area (Å²) in [5.74, 6) is -0.330. The van der Waals surface area contributed by atoms with E-state index < -0.39 is 4.92 Å². The highest BCUT2D eigenvalue weighted by molar-refractivity contribution is 6.32. The maximum atomic E-state index is 10.5. The zero-order valence-corrected chi connectivity index (χ0v) is 9.13. The first-order chi connectivity index (χ1) is 7.58. The maximum Gasteiger partial charge on any atom is 0.408 e. The fourth-order valence-electron chi connectivity index (χ4n) is 1.29. The van der Waals surface area contributed by atoms with Crippen molar-refractivity contribution in [1.29, 1.82) is 0 Å². The van der Waals surface area contributed by atoms with E-state index in [0.717, 1.165) is 5.69 Å². The molecule has 0 saturated carbocycles. The van der Waals surface area contributed by atoms with Crippen LogP contribution in [-0.4, -0.2) is 24.3 Å². The predicted molar refractivity (Wildman–Crippen MR) is 56.2 cm³/mol. The molecule has 0 saturated heterocycles. The van der Waals surface area contributed by atoms with Crippen molar-refractivity contribution in [3.63, 3.8) is 0 Å². The number of aromatic nitrogens is 4. The summed E-state index contributed by atoms with van der Waals surface area (Å²) < 4.78 is 3.22. The minimum atomic E-state index is -0.609. The molecule has 0 radical (unpaired) electrons. The van der Waals surface area contributed by atoms with Crippen LogP contribution in [0, 0.1) is 10.1 Å². The lowest BCUT2D eigenvalue weighted by molar-refractivity contribution is -0.389. The van der Waals surface area contributed by atoms with E-state index in [2.05, 4.69) is 10.1 Å². The van der Waals surface area contributed by atoms with Gasteiger partial charge in [0.1, 0.15) is 6.54 Å². The minimum absolute atomic E-state index is 0.0344. The molecule has 0 bridgehead atoms. The molecular weight excluding hydrogens is 234 g/mol. The van der Waals surface area contributed by atoms with Crippen LogP contribution >= 0.6 is 11.6 Å². The highest BCUT2D eigenvalue weighted by atomic mass is 35.5. The fourth-order valence-corrected chi connectivity index (χ4v) is 1.51. The van der Waals surface area contributed by atoms with Gasteiger partial charge >= 0.3 is 5.82 Å². The van der Waals surface area contributed by atoms with E-state index in [1.807, 2.05) is 7.05 Å². The quantitative estimate of drug-likeness (QED) is 0.598. The van der Waals surface area contributed by atoms with E-state index in [9.17, 15) is 10.1 Å². The number of nitrogens with zero attached hydrogens (tertiary/aromatic N) is 5. The number of aryl methyl sites for hydroxylation is 1. The summed E-state index contributed by atoms with van der Waals surface area (Å²) in [5.41, 5.74) is 0.883. The first-order valence-corrected chi connectivity index (χ1v) is 4.78. The Morgan fingerprint density at radius 3 is 2.88 bits per heavy atom. The second-order valence-corrected chi connectivity index (χ2v) is 3.66. The lowest BCUT2D eigenvalue weighted by Crippen LogP contribution is -2.05. The molecule has 2 aromatic rings. The van der Waals surface area contributed by atoms with Gasteiger partial charge in [-0.25, -0.2) is 4.98 Å². The van der Waals surface area contributed by atoms with Gasteiger partial charge in [0.2, 0.25) is 0 Å². The van der Waals surface area contributed by atoms with E-state index in [0.29, 0.717) is 6.54 Å². The highest BCUT2D eigenvalue weighted by Gasteiger charge is 2.19. The van der Waals surface area contributed by atoms with Crippen molar-refractivity contribution >= 4 is 17.4 Å². The van der Waals surface area contributed by atoms with E-state index in [1.54, 1.807) is 17.1 Å². The molecular formula is C8H8ClN5O2. The minimum Gasteiger partial charge on any atom is -0.358 e. The zero-order valence-electron chi connectivity index (χ0n) is 8.37. The number of nitro groups is 1. The summed E-state index contributed by atoms with van der Waals surface area (Å²) in [4.78, 5) is 13.9. The molecule has 0 spiro atoms. The van der Waals surface area contributed by atoms with E-state index in [1.165, 1.54) is 10.9 Å². The largest absolute Gasteiger partial charge is 0.408 e. The van der Waals surface area contributed by atoms with Gasteiger partial charge < -0.3 is 14.7 Å². The van der Waals surface area contributed by atoms with Crippen LogP contribution in [0.25, 0.3) is 0 Å². The van der Waals surface area contributed by atoms with E-state index in [-0.39, 0.29) is 10.8 Å². The average Bonchev–Trinajstić information content (AvgIpc) is 2.75. The summed E-state index contributed by atoms with van der Waals surface area (Å²) in [6, 6.07) is 0. The fraction of sp³-hybridized carbons (Fsp3) is 0.250. The van der Waals surface area contributed by atoms with E-state index in [4.69, 9.17) is 11.6 Å².